The van der Waals surface area contributed by atoms with Gasteiger partial charge < -0.3 is 10.6 Å². The number of halogens is 3. The summed E-state index contributed by atoms with van der Waals surface area (Å²) in [6.07, 6.45) is -2.87. The summed E-state index contributed by atoms with van der Waals surface area (Å²) in [6, 6.07) is 1.55. The van der Waals surface area contributed by atoms with Gasteiger partial charge in [0.15, 0.2) is 5.82 Å². The highest BCUT2D eigenvalue weighted by molar-refractivity contribution is 5.44. The highest BCUT2D eigenvalue weighted by Crippen LogP contribution is 2.21. The summed E-state index contributed by atoms with van der Waals surface area (Å²) in [4.78, 5) is 0.981. The van der Waals surface area contributed by atoms with Crippen molar-refractivity contribution in [2.45, 2.75) is 12.7 Å². The van der Waals surface area contributed by atoms with Gasteiger partial charge in [0.1, 0.15) is 6.54 Å². The monoisotopic (exact) mass is 220 g/mol. The molecule has 0 aromatic carbocycles. The summed E-state index contributed by atoms with van der Waals surface area (Å²) in [6.45, 7) is -0.939. The lowest BCUT2D eigenvalue weighted by molar-refractivity contribution is -0.119. The molecule has 15 heavy (non-hydrogen) atoms. The predicted octanol–water partition coefficient (Wildman–Crippen LogP) is 0.934. The molecule has 0 aliphatic rings. The van der Waals surface area contributed by atoms with Gasteiger partial charge in [0, 0.05) is 19.2 Å². The summed E-state index contributed by atoms with van der Waals surface area (Å²) in [5.41, 5.74) is 5.92. The maximum absolute atomic E-state index is 12.1. The van der Waals surface area contributed by atoms with E-state index in [0.29, 0.717) is 5.56 Å². The standard InChI is InChI=1S/C8H11F3N4/c1-15(5-8(9,10)11)7-6(4-12)2-3-13-14-7/h2-3H,4-5,12H2,1H3. The van der Waals surface area contributed by atoms with Crippen molar-refractivity contribution in [1.29, 1.82) is 0 Å². The summed E-state index contributed by atoms with van der Waals surface area (Å²) < 4.78 is 36.3. The second kappa shape index (κ2) is 4.43. The van der Waals surface area contributed by atoms with Crippen LogP contribution in [0.4, 0.5) is 19.0 Å². The fraction of sp³-hybridized carbons (Fsp3) is 0.500. The van der Waals surface area contributed by atoms with Crippen LogP contribution < -0.4 is 10.6 Å². The molecule has 1 heterocycles. The first-order valence-corrected chi connectivity index (χ1v) is 4.22. The maximum Gasteiger partial charge on any atom is 0.405 e. The molecule has 84 valence electrons. The molecule has 0 atom stereocenters. The van der Waals surface area contributed by atoms with E-state index in [9.17, 15) is 13.2 Å². The average Bonchev–Trinajstić information content (AvgIpc) is 2.15. The van der Waals surface area contributed by atoms with Gasteiger partial charge in [0.25, 0.3) is 0 Å². The Hall–Kier alpha value is -1.37. The zero-order valence-electron chi connectivity index (χ0n) is 8.12. The van der Waals surface area contributed by atoms with Crippen LogP contribution >= 0.6 is 0 Å². The zero-order valence-corrected chi connectivity index (χ0v) is 8.12. The van der Waals surface area contributed by atoms with Crippen LogP contribution in [0.15, 0.2) is 12.3 Å². The minimum Gasteiger partial charge on any atom is -0.349 e. The van der Waals surface area contributed by atoms with Gasteiger partial charge in [-0.1, -0.05) is 0 Å². The van der Waals surface area contributed by atoms with Gasteiger partial charge >= 0.3 is 6.18 Å². The van der Waals surface area contributed by atoms with Gasteiger partial charge in [-0.2, -0.15) is 18.3 Å². The summed E-state index contributed by atoms with van der Waals surface area (Å²) in [5, 5.41) is 7.16. The van der Waals surface area contributed by atoms with E-state index in [2.05, 4.69) is 10.2 Å². The van der Waals surface area contributed by atoms with Crippen LogP contribution in [-0.4, -0.2) is 30.0 Å². The number of nitrogens with two attached hydrogens (primary N) is 1. The third-order valence-electron chi connectivity index (χ3n) is 1.78. The van der Waals surface area contributed by atoms with E-state index in [1.807, 2.05) is 0 Å². The molecule has 0 aliphatic heterocycles. The molecule has 0 saturated carbocycles. The smallest absolute Gasteiger partial charge is 0.349 e. The van der Waals surface area contributed by atoms with Crippen LogP contribution in [-0.2, 0) is 6.54 Å². The van der Waals surface area contributed by atoms with Crippen molar-refractivity contribution in [3.05, 3.63) is 17.8 Å². The summed E-state index contributed by atoms with van der Waals surface area (Å²) in [7, 11) is 1.30. The largest absolute Gasteiger partial charge is 0.405 e. The Kier molecular flexibility index (Phi) is 3.46. The second-order valence-electron chi connectivity index (χ2n) is 3.06. The van der Waals surface area contributed by atoms with Gasteiger partial charge in [-0.3, -0.25) is 0 Å². The Bertz CT molecular complexity index is 326. The quantitative estimate of drug-likeness (QED) is 0.823. The molecule has 0 radical (unpaired) electrons. The molecule has 1 rings (SSSR count). The highest BCUT2D eigenvalue weighted by atomic mass is 19.4. The zero-order chi connectivity index (χ0) is 11.5. The lowest BCUT2D eigenvalue weighted by atomic mass is 10.2. The van der Waals surface area contributed by atoms with Crippen molar-refractivity contribution in [2.24, 2.45) is 5.73 Å². The lowest BCUT2D eigenvalue weighted by Gasteiger charge is -2.21. The van der Waals surface area contributed by atoms with Gasteiger partial charge in [0.2, 0.25) is 0 Å². The summed E-state index contributed by atoms with van der Waals surface area (Å²) >= 11 is 0. The molecule has 1 aromatic rings. The van der Waals surface area contributed by atoms with Crippen molar-refractivity contribution < 1.29 is 13.2 Å². The molecular weight excluding hydrogens is 209 g/mol. The van der Waals surface area contributed by atoms with E-state index in [1.54, 1.807) is 6.07 Å². The van der Waals surface area contributed by atoms with Crippen molar-refractivity contribution in [3.63, 3.8) is 0 Å². The molecule has 0 saturated heterocycles. The van der Waals surface area contributed by atoms with Crippen LogP contribution in [0.3, 0.4) is 0 Å². The Morgan fingerprint density at radius 2 is 2.13 bits per heavy atom. The van der Waals surface area contributed by atoms with Crippen LogP contribution in [0.1, 0.15) is 5.56 Å². The van der Waals surface area contributed by atoms with Gasteiger partial charge in [-0.05, 0) is 6.07 Å². The molecule has 0 amide bonds. The first kappa shape index (κ1) is 11.7. The van der Waals surface area contributed by atoms with Crippen LogP contribution in [0.5, 0.6) is 0 Å². The molecule has 0 aliphatic carbocycles. The molecule has 0 bridgehead atoms. The normalized spacial score (nSPS) is 11.5. The Morgan fingerprint density at radius 3 is 2.67 bits per heavy atom. The Labute approximate surface area is 84.9 Å². The molecule has 7 heteroatoms. The average molecular weight is 220 g/mol. The second-order valence-corrected chi connectivity index (χ2v) is 3.06. The molecule has 2 N–H and O–H groups in total. The van der Waals surface area contributed by atoms with Gasteiger partial charge in [-0.25, -0.2) is 0 Å². The fourth-order valence-corrected chi connectivity index (χ4v) is 1.17. The van der Waals surface area contributed by atoms with E-state index >= 15 is 0 Å². The number of rotatable bonds is 3. The van der Waals surface area contributed by atoms with Crippen molar-refractivity contribution in [2.75, 3.05) is 18.5 Å². The van der Waals surface area contributed by atoms with E-state index in [4.69, 9.17) is 5.73 Å². The van der Waals surface area contributed by atoms with E-state index in [0.717, 1.165) is 4.90 Å². The van der Waals surface area contributed by atoms with Crippen LogP contribution in [0, 0.1) is 0 Å². The summed E-state index contributed by atoms with van der Waals surface area (Å²) in [5.74, 6) is 0.164. The molecule has 0 unspecified atom stereocenters. The Morgan fingerprint density at radius 1 is 1.47 bits per heavy atom. The van der Waals surface area contributed by atoms with E-state index in [-0.39, 0.29) is 12.4 Å². The number of anilines is 1. The fourth-order valence-electron chi connectivity index (χ4n) is 1.17. The molecular formula is C8H11F3N4. The third kappa shape index (κ3) is 3.35. The minimum absolute atomic E-state index is 0.132. The number of hydrogen-bond donors (Lipinski definition) is 1. The van der Waals surface area contributed by atoms with E-state index < -0.39 is 12.7 Å². The van der Waals surface area contributed by atoms with Crippen molar-refractivity contribution in [1.82, 2.24) is 10.2 Å². The first-order chi connectivity index (χ1) is 6.94. The van der Waals surface area contributed by atoms with E-state index in [1.165, 1.54) is 13.2 Å². The number of nitrogens with zero attached hydrogens (tertiary/aromatic N) is 3. The molecule has 4 nitrogen and oxygen atoms in total. The topological polar surface area (TPSA) is 55.0 Å². The minimum atomic E-state index is -4.27. The lowest BCUT2D eigenvalue weighted by Crippen LogP contribution is -2.32. The first-order valence-electron chi connectivity index (χ1n) is 4.22. The molecule has 0 spiro atoms. The number of aromatic nitrogens is 2. The van der Waals surface area contributed by atoms with Crippen molar-refractivity contribution in [3.8, 4) is 0 Å². The third-order valence-corrected chi connectivity index (χ3v) is 1.78. The van der Waals surface area contributed by atoms with Crippen molar-refractivity contribution >= 4 is 5.82 Å². The predicted molar refractivity (Wildman–Crippen MR) is 49.2 cm³/mol. The number of hydrogen-bond acceptors (Lipinski definition) is 4. The molecule has 0 fully saturated rings. The number of alkyl halides is 3. The highest BCUT2D eigenvalue weighted by Gasteiger charge is 2.30. The maximum atomic E-state index is 12.1. The molecule has 1 aromatic heterocycles. The van der Waals surface area contributed by atoms with Gasteiger partial charge in [0.05, 0.1) is 6.20 Å². The Balaban J connectivity index is 2.86. The van der Waals surface area contributed by atoms with Crippen LogP contribution in [0.25, 0.3) is 0 Å². The van der Waals surface area contributed by atoms with Gasteiger partial charge in [-0.15, -0.1) is 5.10 Å². The van der Waals surface area contributed by atoms with Crippen LogP contribution in [0.2, 0.25) is 0 Å². The SMILES string of the molecule is CN(CC(F)(F)F)c1nnccc1CN.